The Hall–Kier alpha value is -1.21. The fourth-order valence-corrected chi connectivity index (χ4v) is 4.31. The lowest BCUT2D eigenvalue weighted by Crippen LogP contribution is -2.34. The zero-order valence-electron chi connectivity index (χ0n) is 10.7. The number of sulfonamides is 1. The molecular formula is C12H16F2N2O2S. The number of nitrogens with zero attached hydrogens (tertiary/aromatic N) is 1. The average molecular weight is 290 g/mol. The summed E-state index contributed by atoms with van der Waals surface area (Å²) in [6.45, 7) is 4.04. The molecule has 2 rings (SSSR count). The van der Waals surface area contributed by atoms with Crippen molar-refractivity contribution in [2.45, 2.75) is 31.2 Å². The smallest absolute Gasteiger partial charge is 0.246 e. The molecule has 2 unspecified atom stereocenters. The second kappa shape index (κ2) is 4.72. The van der Waals surface area contributed by atoms with E-state index in [1.165, 1.54) is 4.31 Å². The Morgan fingerprint density at radius 2 is 1.89 bits per heavy atom. The first-order valence-corrected chi connectivity index (χ1v) is 7.44. The number of nitrogens with two attached hydrogens (primary N) is 1. The van der Waals surface area contributed by atoms with Crippen LogP contribution in [0, 0.1) is 17.6 Å². The third-order valence-electron chi connectivity index (χ3n) is 3.36. The topological polar surface area (TPSA) is 63.4 Å². The van der Waals surface area contributed by atoms with Gasteiger partial charge in [-0.1, -0.05) is 6.92 Å². The van der Waals surface area contributed by atoms with Crippen LogP contribution in [0.5, 0.6) is 0 Å². The Bertz CT molecular complexity index is 604. The van der Waals surface area contributed by atoms with E-state index in [1.807, 2.05) is 6.92 Å². The Morgan fingerprint density at radius 1 is 1.26 bits per heavy atom. The number of hydrogen-bond donors (Lipinski definition) is 1. The molecule has 0 spiro atoms. The molecule has 1 aromatic rings. The Labute approximate surface area is 111 Å². The van der Waals surface area contributed by atoms with Crippen molar-refractivity contribution in [3.8, 4) is 0 Å². The van der Waals surface area contributed by atoms with Gasteiger partial charge in [-0.2, -0.15) is 4.31 Å². The molecule has 1 heterocycles. The zero-order chi connectivity index (χ0) is 14.4. The quantitative estimate of drug-likeness (QED) is 0.847. The van der Waals surface area contributed by atoms with Crippen LogP contribution in [0.2, 0.25) is 0 Å². The van der Waals surface area contributed by atoms with E-state index in [0.29, 0.717) is 12.6 Å². The highest BCUT2D eigenvalue weighted by Crippen LogP contribution is 2.31. The molecule has 1 aliphatic heterocycles. The molecule has 1 aliphatic rings. The molecule has 0 aromatic heterocycles. The fourth-order valence-electron chi connectivity index (χ4n) is 2.47. The van der Waals surface area contributed by atoms with E-state index in [9.17, 15) is 17.2 Å². The number of benzene rings is 1. The van der Waals surface area contributed by atoms with Crippen molar-refractivity contribution in [2.75, 3.05) is 12.3 Å². The number of hydrogen-bond acceptors (Lipinski definition) is 3. The van der Waals surface area contributed by atoms with Crippen molar-refractivity contribution < 1.29 is 17.2 Å². The molecule has 19 heavy (non-hydrogen) atoms. The molecule has 2 atom stereocenters. The van der Waals surface area contributed by atoms with Crippen LogP contribution in [0.3, 0.4) is 0 Å². The fraction of sp³-hybridized carbons (Fsp3) is 0.500. The van der Waals surface area contributed by atoms with Crippen LogP contribution in [-0.2, 0) is 10.0 Å². The van der Waals surface area contributed by atoms with Crippen molar-refractivity contribution in [2.24, 2.45) is 5.92 Å². The summed E-state index contributed by atoms with van der Waals surface area (Å²) in [5.74, 6) is -1.86. The predicted molar refractivity (Wildman–Crippen MR) is 67.9 cm³/mol. The molecule has 0 bridgehead atoms. The van der Waals surface area contributed by atoms with E-state index in [0.717, 1.165) is 12.5 Å². The highest BCUT2D eigenvalue weighted by Gasteiger charge is 2.37. The van der Waals surface area contributed by atoms with Crippen molar-refractivity contribution in [1.29, 1.82) is 0 Å². The number of nitrogen functional groups attached to an aromatic ring is 1. The standard InChI is InChI=1S/C12H16F2N2O2S/c1-7-3-8(2)16(6-7)19(17,18)12-5-11(15)9(13)4-10(12)14/h4-5,7-8H,3,6,15H2,1-2H3. The van der Waals surface area contributed by atoms with E-state index in [2.05, 4.69) is 0 Å². The number of rotatable bonds is 2. The lowest BCUT2D eigenvalue weighted by Gasteiger charge is -2.21. The van der Waals surface area contributed by atoms with Crippen LogP contribution in [-0.4, -0.2) is 25.3 Å². The van der Waals surface area contributed by atoms with Crippen molar-refractivity contribution >= 4 is 15.7 Å². The molecule has 1 fully saturated rings. The summed E-state index contributed by atoms with van der Waals surface area (Å²) in [7, 11) is -3.98. The first kappa shape index (κ1) is 14.2. The van der Waals surface area contributed by atoms with E-state index >= 15 is 0 Å². The van der Waals surface area contributed by atoms with Gasteiger partial charge in [-0.25, -0.2) is 17.2 Å². The third-order valence-corrected chi connectivity index (χ3v) is 5.36. The predicted octanol–water partition coefficient (Wildman–Crippen LogP) is 1.97. The summed E-state index contributed by atoms with van der Waals surface area (Å²) in [6.07, 6.45) is 0.720. The molecule has 0 radical (unpaired) electrons. The second-order valence-electron chi connectivity index (χ2n) is 5.07. The summed E-state index contributed by atoms with van der Waals surface area (Å²) < 4.78 is 52.8. The van der Waals surface area contributed by atoms with Crippen LogP contribution < -0.4 is 5.73 Å². The van der Waals surface area contributed by atoms with E-state index < -0.39 is 26.6 Å². The molecule has 0 amide bonds. The van der Waals surface area contributed by atoms with Gasteiger partial charge >= 0.3 is 0 Å². The maximum absolute atomic E-state index is 13.7. The van der Waals surface area contributed by atoms with Gasteiger partial charge in [0.1, 0.15) is 16.5 Å². The molecule has 0 aliphatic carbocycles. The monoisotopic (exact) mass is 290 g/mol. The summed E-state index contributed by atoms with van der Waals surface area (Å²) in [5.41, 5.74) is 4.95. The largest absolute Gasteiger partial charge is 0.396 e. The van der Waals surface area contributed by atoms with Gasteiger partial charge in [-0.3, -0.25) is 0 Å². The number of anilines is 1. The van der Waals surface area contributed by atoms with Gasteiger partial charge in [0.15, 0.2) is 0 Å². The SMILES string of the molecule is CC1CC(C)N(S(=O)(=O)c2cc(N)c(F)cc2F)C1. The van der Waals surface area contributed by atoms with Crippen molar-refractivity contribution in [1.82, 2.24) is 4.31 Å². The van der Waals surface area contributed by atoms with Crippen LogP contribution in [0.1, 0.15) is 20.3 Å². The van der Waals surface area contributed by atoms with Crippen molar-refractivity contribution in [3.63, 3.8) is 0 Å². The highest BCUT2D eigenvalue weighted by atomic mass is 32.2. The summed E-state index contributed by atoms with van der Waals surface area (Å²) in [4.78, 5) is -0.563. The Morgan fingerprint density at radius 3 is 2.42 bits per heavy atom. The Balaban J connectivity index is 2.49. The van der Waals surface area contributed by atoms with Crippen LogP contribution >= 0.6 is 0 Å². The lowest BCUT2D eigenvalue weighted by atomic mass is 10.1. The van der Waals surface area contributed by atoms with Gasteiger partial charge in [0.2, 0.25) is 10.0 Å². The van der Waals surface area contributed by atoms with E-state index in [-0.39, 0.29) is 17.6 Å². The van der Waals surface area contributed by atoms with Crippen LogP contribution in [0.4, 0.5) is 14.5 Å². The maximum atomic E-state index is 13.7. The second-order valence-corrected chi connectivity index (χ2v) is 6.93. The summed E-state index contributed by atoms with van der Waals surface area (Å²) >= 11 is 0. The molecule has 4 nitrogen and oxygen atoms in total. The minimum atomic E-state index is -3.98. The van der Waals surface area contributed by atoms with Gasteiger partial charge in [0.25, 0.3) is 0 Å². The highest BCUT2D eigenvalue weighted by molar-refractivity contribution is 7.89. The summed E-state index contributed by atoms with van der Waals surface area (Å²) in [6, 6.07) is 1.15. The van der Waals surface area contributed by atoms with Gasteiger partial charge in [0.05, 0.1) is 5.69 Å². The van der Waals surface area contributed by atoms with Crippen molar-refractivity contribution in [3.05, 3.63) is 23.8 Å². The molecular weight excluding hydrogens is 274 g/mol. The van der Waals surface area contributed by atoms with Crippen LogP contribution in [0.15, 0.2) is 17.0 Å². The normalized spacial score (nSPS) is 24.8. The maximum Gasteiger partial charge on any atom is 0.246 e. The first-order chi connectivity index (χ1) is 8.73. The zero-order valence-corrected chi connectivity index (χ0v) is 11.5. The minimum Gasteiger partial charge on any atom is -0.396 e. The first-order valence-electron chi connectivity index (χ1n) is 6.00. The Kier molecular flexibility index (Phi) is 3.53. The van der Waals surface area contributed by atoms with Gasteiger partial charge in [-0.15, -0.1) is 0 Å². The average Bonchev–Trinajstić information content (AvgIpc) is 2.63. The number of halogens is 2. The van der Waals surface area contributed by atoms with Gasteiger partial charge in [-0.05, 0) is 25.3 Å². The molecule has 1 aromatic carbocycles. The molecule has 106 valence electrons. The molecule has 0 saturated carbocycles. The van der Waals surface area contributed by atoms with Gasteiger partial charge in [0, 0.05) is 18.7 Å². The van der Waals surface area contributed by atoms with Gasteiger partial charge < -0.3 is 5.73 Å². The minimum absolute atomic E-state index is 0.203. The molecule has 1 saturated heterocycles. The third kappa shape index (κ3) is 2.44. The summed E-state index contributed by atoms with van der Waals surface area (Å²) in [5, 5.41) is 0. The van der Waals surface area contributed by atoms with E-state index in [4.69, 9.17) is 5.73 Å². The van der Waals surface area contributed by atoms with Crippen LogP contribution in [0.25, 0.3) is 0 Å². The van der Waals surface area contributed by atoms with E-state index in [1.54, 1.807) is 6.92 Å². The lowest BCUT2D eigenvalue weighted by molar-refractivity contribution is 0.402. The molecule has 2 N–H and O–H groups in total. The molecule has 7 heteroatoms.